The van der Waals surface area contributed by atoms with Crippen molar-refractivity contribution in [2.45, 2.75) is 6.04 Å². The molecule has 1 heterocycles. The summed E-state index contributed by atoms with van der Waals surface area (Å²) in [6.45, 7) is -0.173. The van der Waals surface area contributed by atoms with Gasteiger partial charge in [-0.15, -0.1) is 0 Å². The SMILES string of the molecule is O=C(COc1ccc2ccccc2c1)NC(c1ccccc1)c1nc2ccc([N+](=O)[O-])cc2[nH]1. The van der Waals surface area contributed by atoms with E-state index in [2.05, 4.69) is 15.3 Å². The average molecular weight is 452 g/mol. The first-order valence-electron chi connectivity index (χ1n) is 10.7. The van der Waals surface area contributed by atoms with E-state index in [0.717, 1.165) is 16.3 Å². The summed E-state index contributed by atoms with van der Waals surface area (Å²) in [5, 5.41) is 16.2. The van der Waals surface area contributed by atoms with Crippen LogP contribution in [0.3, 0.4) is 0 Å². The Morgan fingerprint density at radius 3 is 2.53 bits per heavy atom. The van der Waals surface area contributed by atoms with Crippen LogP contribution in [0.5, 0.6) is 5.75 Å². The number of H-pyrrole nitrogens is 1. The molecule has 34 heavy (non-hydrogen) atoms. The Hall–Kier alpha value is -4.72. The maximum absolute atomic E-state index is 12.8. The number of hydrogen-bond donors (Lipinski definition) is 2. The number of nitrogens with zero attached hydrogens (tertiary/aromatic N) is 2. The second-order valence-electron chi connectivity index (χ2n) is 7.79. The van der Waals surface area contributed by atoms with E-state index in [0.29, 0.717) is 22.6 Å². The zero-order valence-corrected chi connectivity index (χ0v) is 18.0. The lowest BCUT2D eigenvalue weighted by molar-refractivity contribution is -0.384. The highest BCUT2D eigenvalue weighted by molar-refractivity contribution is 5.84. The van der Waals surface area contributed by atoms with Gasteiger partial charge in [-0.05, 0) is 34.5 Å². The Balaban J connectivity index is 1.37. The fraction of sp³-hybridized carbons (Fsp3) is 0.0769. The van der Waals surface area contributed by atoms with Crippen LogP contribution in [0.4, 0.5) is 5.69 Å². The van der Waals surface area contributed by atoms with Crippen LogP contribution in [-0.2, 0) is 4.79 Å². The molecule has 0 fully saturated rings. The number of non-ortho nitro benzene ring substituents is 1. The van der Waals surface area contributed by atoms with Gasteiger partial charge in [-0.1, -0.05) is 60.7 Å². The highest BCUT2D eigenvalue weighted by Crippen LogP contribution is 2.25. The van der Waals surface area contributed by atoms with Gasteiger partial charge in [0.1, 0.15) is 17.6 Å². The van der Waals surface area contributed by atoms with E-state index in [-0.39, 0.29) is 18.2 Å². The van der Waals surface area contributed by atoms with Crippen LogP contribution in [-0.4, -0.2) is 27.4 Å². The van der Waals surface area contributed by atoms with Gasteiger partial charge in [-0.3, -0.25) is 14.9 Å². The molecule has 1 atom stereocenters. The van der Waals surface area contributed by atoms with Crippen molar-refractivity contribution >= 4 is 33.4 Å². The van der Waals surface area contributed by atoms with Crippen LogP contribution in [0, 0.1) is 10.1 Å². The maximum Gasteiger partial charge on any atom is 0.271 e. The van der Waals surface area contributed by atoms with Crippen LogP contribution in [0.2, 0.25) is 0 Å². The smallest absolute Gasteiger partial charge is 0.271 e. The fourth-order valence-corrected chi connectivity index (χ4v) is 3.83. The van der Waals surface area contributed by atoms with Gasteiger partial charge in [0.25, 0.3) is 11.6 Å². The van der Waals surface area contributed by atoms with E-state index in [4.69, 9.17) is 4.74 Å². The number of rotatable bonds is 7. The average Bonchev–Trinajstić information content (AvgIpc) is 3.29. The number of nitrogens with one attached hydrogen (secondary N) is 2. The number of amides is 1. The van der Waals surface area contributed by atoms with Gasteiger partial charge in [-0.2, -0.15) is 0 Å². The minimum Gasteiger partial charge on any atom is -0.484 e. The number of fused-ring (bicyclic) bond motifs is 2. The van der Waals surface area contributed by atoms with Gasteiger partial charge in [0.05, 0.1) is 16.0 Å². The third-order valence-corrected chi connectivity index (χ3v) is 5.50. The van der Waals surface area contributed by atoms with Crippen molar-refractivity contribution in [2.75, 3.05) is 6.61 Å². The third-order valence-electron chi connectivity index (χ3n) is 5.50. The van der Waals surface area contributed by atoms with Crippen LogP contribution >= 0.6 is 0 Å². The molecule has 0 saturated heterocycles. The van der Waals surface area contributed by atoms with Crippen molar-refractivity contribution in [1.29, 1.82) is 0 Å². The Kier molecular flexibility index (Phi) is 5.61. The number of hydrogen-bond acceptors (Lipinski definition) is 5. The number of imidazole rings is 1. The van der Waals surface area contributed by atoms with Crippen molar-refractivity contribution in [1.82, 2.24) is 15.3 Å². The molecular formula is C26H20N4O4. The van der Waals surface area contributed by atoms with Crippen molar-refractivity contribution < 1.29 is 14.5 Å². The Bertz CT molecular complexity index is 1500. The zero-order chi connectivity index (χ0) is 23.5. The van der Waals surface area contributed by atoms with Crippen LogP contribution in [0.25, 0.3) is 21.8 Å². The maximum atomic E-state index is 12.8. The van der Waals surface area contributed by atoms with Crippen molar-refractivity contribution in [2.24, 2.45) is 0 Å². The van der Waals surface area contributed by atoms with Crippen molar-refractivity contribution in [3.63, 3.8) is 0 Å². The molecule has 0 bridgehead atoms. The Morgan fingerprint density at radius 2 is 1.74 bits per heavy atom. The molecule has 1 aromatic heterocycles. The molecule has 0 aliphatic carbocycles. The molecular weight excluding hydrogens is 432 g/mol. The first-order valence-corrected chi connectivity index (χ1v) is 10.7. The topological polar surface area (TPSA) is 110 Å². The van der Waals surface area contributed by atoms with E-state index in [9.17, 15) is 14.9 Å². The molecule has 168 valence electrons. The highest BCUT2D eigenvalue weighted by atomic mass is 16.6. The van der Waals surface area contributed by atoms with Crippen LogP contribution in [0.1, 0.15) is 17.4 Å². The largest absolute Gasteiger partial charge is 0.484 e. The number of benzene rings is 4. The number of nitro groups is 1. The number of nitro benzene ring substituents is 1. The van der Waals surface area contributed by atoms with Gasteiger partial charge >= 0.3 is 0 Å². The summed E-state index contributed by atoms with van der Waals surface area (Å²) in [6, 6.07) is 26.8. The number of aromatic amines is 1. The Labute approximate surface area is 194 Å². The number of aromatic nitrogens is 2. The number of ether oxygens (including phenoxy) is 1. The van der Waals surface area contributed by atoms with Gasteiger partial charge in [0.2, 0.25) is 0 Å². The molecule has 0 aliphatic rings. The first kappa shape index (κ1) is 21.1. The minimum atomic E-state index is -0.583. The highest BCUT2D eigenvalue weighted by Gasteiger charge is 2.21. The van der Waals surface area contributed by atoms with Crippen molar-refractivity contribution in [3.8, 4) is 5.75 Å². The summed E-state index contributed by atoms with van der Waals surface area (Å²) in [5.41, 5.74) is 1.87. The fourth-order valence-electron chi connectivity index (χ4n) is 3.83. The van der Waals surface area contributed by atoms with E-state index in [1.807, 2.05) is 72.8 Å². The van der Waals surface area contributed by atoms with Gasteiger partial charge in [0, 0.05) is 12.1 Å². The predicted octanol–water partition coefficient (Wildman–Crippen LogP) is 4.91. The lowest BCUT2D eigenvalue weighted by Gasteiger charge is -2.17. The second kappa shape index (κ2) is 9.03. The molecule has 8 nitrogen and oxygen atoms in total. The summed E-state index contributed by atoms with van der Waals surface area (Å²) >= 11 is 0. The number of carbonyl (C=O) groups is 1. The lowest BCUT2D eigenvalue weighted by Crippen LogP contribution is -2.33. The quantitative estimate of drug-likeness (QED) is 0.269. The molecule has 5 aromatic rings. The predicted molar refractivity (Wildman–Crippen MR) is 129 cm³/mol. The first-order chi connectivity index (χ1) is 16.6. The molecule has 0 spiro atoms. The Morgan fingerprint density at radius 1 is 0.971 bits per heavy atom. The summed E-state index contributed by atoms with van der Waals surface area (Å²) in [5.74, 6) is 0.746. The van der Waals surface area contributed by atoms with E-state index in [1.165, 1.54) is 12.1 Å². The second-order valence-corrected chi connectivity index (χ2v) is 7.79. The molecule has 1 unspecified atom stereocenters. The normalized spacial score (nSPS) is 11.9. The molecule has 0 saturated carbocycles. The molecule has 2 N–H and O–H groups in total. The monoisotopic (exact) mass is 452 g/mol. The summed E-state index contributed by atoms with van der Waals surface area (Å²) in [6.07, 6.45) is 0. The van der Waals surface area contributed by atoms with Gasteiger partial charge in [-0.25, -0.2) is 4.98 Å². The molecule has 5 rings (SSSR count). The standard InChI is InChI=1S/C26H20N4O4/c31-24(16-34-21-12-10-17-6-4-5-9-19(17)14-21)29-25(18-7-2-1-3-8-18)26-27-22-13-11-20(30(32)33)15-23(22)28-26/h1-15,25H,16H2,(H,27,28)(H,29,31). The summed E-state index contributed by atoms with van der Waals surface area (Å²) < 4.78 is 5.73. The molecule has 1 amide bonds. The van der Waals surface area contributed by atoms with E-state index >= 15 is 0 Å². The summed E-state index contributed by atoms with van der Waals surface area (Å²) in [4.78, 5) is 31.2. The van der Waals surface area contributed by atoms with Gasteiger partial charge < -0.3 is 15.0 Å². The van der Waals surface area contributed by atoms with Crippen LogP contribution < -0.4 is 10.1 Å². The third kappa shape index (κ3) is 4.42. The minimum absolute atomic E-state index is 0.0354. The van der Waals surface area contributed by atoms with Crippen LogP contribution in [0.15, 0.2) is 91.0 Å². The summed E-state index contributed by atoms with van der Waals surface area (Å²) in [7, 11) is 0. The molecule has 4 aromatic carbocycles. The molecule has 0 aliphatic heterocycles. The van der Waals surface area contributed by atoms with Crippen molar-refractivity contribution in [3.05, 3.63) is 112 Å². The molecule has 0 radical (unpaired) electrons. The van der Waals surface area contributed by atoms with Gasteiger partial charge in [0.15, 0.2) is 6.61 Å². The molecule has 8 heteroatoms. The zero-order valence-electron chi connectivity index (χ0n) is 18.0. The number of carbonyl (C=O) groups excluding carboxylic acids is 1. The lowest BCUT2D eigenvalue weighted by atomic mass is 10.1. The van der Waals surface area contributed by atoms with E-state index < -0.39 is 11.0 Å². The van der Waals surface area contributed by atoms with E-state index in [1.54, 1.807) is 6.07 Å².